The molecule has 1 aliphatic heterocycles. The van der Waals surface area contributed by atoms with E-state index in [-0.39, 0.29) is 31.3 Å². The van der Waals surface area contributed by atoms with Gasteiger partial charge in [-0.25, -0.2) is 0 Å². The van der Waals surface area contributed by atoms with Gasteiger partial charge in [0, 0.05) is 29.1 Å². The van der Waals surface area contributed by atoms with Crippen molar-refractivity contribution in [2.75, 3.05) is 18.8 Å². The Hall–Kier alpha value is -2.40. The molecule has 2 rings (SSSR count). The Morgan fingerprint density at radius 1 is 1.00 bits per heavy atom. The monoisotopic (exact) mass is 624 g/mol. The summed E-state index contributed by atoms with van der Waals surface area (Å²) >= 11 is 5.37. The van der Waals surface area contributed by atoms with Crippen molar-refractivity contribution < 1.29 is 24.0 Å². The summed E-state index contributed by atoms with van der Waals surface area (Å²) < 4.78 is 0.861. The highest BCUT2D eigenvalue weighted by Gasteiger charge is 2.31. The SMILES string of the molecule is CCNC(=O)C(=O)[C@H](Cc1ccc(Br)cc1)NC(=O)[C@@H](NC(=O)CNC(=O)CCCCC1CCCS1)C(C)C. The second-order valence-corrected chi connectivity index (χ2v) is 12.4. The predicted octanol–water partition coefficient (Wildman–Crippen LogP) is 2.89. The van der Waals surface area contributed by atoms with Gasteiger partial charge < -0.3 is 21.3 Å². The number of amides is 4. The van der Waals surface area contributed by atoms with Crippen LogP contribution in [0.1, 0.15) is 64.9 Å². The van der Waals surface area contributed by atoms with Gasteiger partial charge in [-0.2, -0.15) is 11.8 Å². The molecule has 1 heterocycles. The smallest absolute Gasteiger partial charge is 0.289 e. The zero-order valence-corrected chi connectivity index (χ0v) is 25.4. The zero-order chi connectivity index (χ0) is 28.8. The number of hydrogen-bond acceptors (Lipinski definition) is 6. The molecule has 3 atom stereocenters. The normalized spacial score (nSPS) is 16.3. The van der Waals surface area contributed by atoms with E-state index >= 15 is 0 Å². The summed E-state index contributed by atoms with van der Waals surface area (Å²) in [7, 11) is 0. The Kier molecular flexibility index (Phi) is 14.6. The van der Waals surface area contributed by atoms with E-state index in [4.69, 9.17) is 0 Å². The van der Waals surface area contributed by atoms with E-state index in [9.17, 15) is 24.0 Å². The molecule has 1 saturated heterocycles. The van der Waals surface area contributed by atoms with Crippen LogP contribution in [0, 0.1) is 5.92 Å². The fourth-order valence-corrected chi connectivity index (χ4v) is 5.89. The van der Waals surface area contributed by atoms with Gasteiger partial charge in [-0.3, -0.25) is 24.0 Å². The van der Waals surface area contributed by atoms with E-state index in [1.54, 1.807) is 32.9 Å². The lowest BCUT2D eigenvalue weighted by Gasteiger charge is -2.25. The van der Waals surface area contributed by atoms with Gasteiger partial charge in [0.25, 0.3) is 5.91 Å². The van der Waals surface area contributed by atoms with Crippen molar-refractivity contribution in [3.8, 4) is 0 Å². The topological polar surface area (TPSA) is 133 Å². The molecule has 0 aromatic heterocycles. The molecule has 9 nitrogen and oxygen atoms in total. The van der Waals surface area contributed by atoms with Gasteiger partial charge in [0.05, 0.1) is 6.54 Å². The summed E-state index contributed by atoms with van der Waals surface area (Å²) in [6.07, 6.45) is 5.89. The predicted molar refractivity (Wildman–Crippen MR) is 157 cm³/mol. The molecule has 11 heteroatoms. The number of carbonyl (C=O) groups is 5. The molecule has 4 N–H and O–H groups in total. The van der Waals surface area contributed by atoms with Crippen molar-refractivity contribution in [1.29, 1.82) is 0 Å². The second kappa shape index (κ2) is 17.3. The number of ketones is 1. The van der Waals surface area contributed by atoms with Crippen LogP contribution in [0.2, 0.25) is 0 Å². The van der Waals surface area contributed by atoms with Gasteiger partial charge in [0.2, 0.25) is 23.5 Å². The summed E-state index contributed by atoms with van der Waals surface area (Å²) in [6, 6.07) is 5.16. The lowest BCUT2D eigenvalue weighted by molar-refractivity contribution is -0.140. The van der Waals surface area contributed by atoms with Crippen molar-refractivity contribution in [1.82, 2.24) is 21.3 Å². The molecule has 1 aromatic carbocycles. The molecule has 1 aliphatic rings. The van der Waals surface area contributed by atoms with Crippen molar-refractivity contribution in [2.24, 2.45) is 5.92 Å². The standard InChI is InChI=1S/C28H41BrN4O5S/c1-4-30-28(38)26(36)22(16-19-11-13-20(29)14-12-19)32-27(37)25(18(2)3)33-24(35)17-31-23(34)10-6-5-8-21-9-7-15-39-21/h11-14,18,21-22,25H,4-10,15-17H2,1-3H3,(H,30,38)(H,31,34)(H,32,37)(H,33,35)/t21?,22-,25-/m0/s1. The Balaban J connectivity index is 1.90. The van der Waals surface area contributed by atoms with Gasteiger partial charge in [-0.1, -0.05) is 48.3 Å². The van der Waals surface area contributed by atoms with Gasteiger partial charge >= 0.3 is 0 Å². The molecule has 4 amide bonds. The number of likely N-dealkylation sites (N-methyl/N-ethyl adjacent to an activating group) is 1. The number of hydrogen-bond donors (Lipinski definition) is 4. The number of nitrogens with one attached hydrogen (secondary N) is 4. The first-order valence-corrected chi connectivity index (χ1v) is 15.5. The van der Waals surface area contributed by atoms with Crippen LogP contribution in [0.5, 0.6) is 0 Å². The molecule has 0 bridgehead atoms. The third-order valence-electron chi connectivity index (χ3n) is 6.46. The Morgan fingerprint density at radius 2 is 1.72 bits per heavy atom. The van der Waals surface area contributed by atoms with E-state index in [1.165, 1.54) is 18.6 Å². The highest BCUT2D eigenvalue weighted by molar-refractivity contribution is 9.10. The quantitative estimate of drug-likeness (QED) is 0.165. The maximum absolute atomic E-state index is 13.2. The molecule has 0 aliphatic carbocycles. The van der Waals surface area contributed by atoms with Gasteiger partial charge in [-0.05, 0) is 62.0 Å². The minimum absolute atomic E-state index is 0.114. The van der Waals surface area contributed by atoms with Crippen molar-refractivity contribution in [3.05, 3.63) is 34.3 Å². The molecular weight excluding hydrogens is 584 g/mol. The maximum atomic E-state index is 13.2. The largest absolute Gasteiger partial charge is 0.350 e. The number of thioether (sulfide) groups is 1. The number of unbranched alkanes of at least 4 members (excludes halogenated alkanes) is 1. The Bertz CT molecular complexity index is 983. The Labute approximate surface area is 243 Å². The van der Waals surface area contributed by atoms with E-state index in [2.05, 4.69) is 37.2 Å². The molecular formula is C28H41BrN4O5S. The highest BCUT2D eigenvalue weighted by atomic mass is 79.9. The first kappa shape index (κ1) is 32.8. The second-order valence-electron chi connectivity index (χ2n) is 10.1. The van der Waals surface area contributed by atoms with Crippen molar-refractivity contribution in [3.63, 3.8) is 0 Å². The molecule has 39 heavy (non-hydrogen) atoms. The van der Waals surface area contributed by atoms with Gasteiger partial charge in [0.1, 0.15) is 12.1 Å². The summed E-state index contributed by atoms with van der Waals surface area (Å²) in [4.78, 5) is 63.0. The highest BCUT2D eigenvalue weighted by Crippen LogP contribution is 2.30. The molecule has 1 aromatic rings. The van der Waals surface area contributed by atoms with Crippen LogP contribution in [0.4, 0.5) is 0 Å². The average Bonchev–Trinajstić information content (AvgIpc) is 3.42. The minimum atomic E-state index is -1.11. The number of halogens is 1. The van der Waals surface area contributed by atoms with Crippen molar-refractivity contribution in [2.45, 2.75) is 83.1 Å². The minimum Gasteiger partial charge on any atom is -0.350 e. The van der Waals surface area contributed by atoms with Gasteiger partial charge in [0.15, 0.2) is 0 Å². The molecule has 0 saturated carbocycles. The molecule has 1 unspecified atom stereocenters. The number of benzene rings is 1. The maximum Gasteiger partial charge on any atom is 0.289 e. The third-order valence-corrected chi connectivity index (χ3v) is 8.46. The van der Waals surface area contributed by atoms with Crippen LogP contribution in [0.25, 0.3) is 0 Å². The fraction of sp³-hybridized carbons (Fsp3) is 0.607. The summed E-state index contributed by atoms with van der Waals surface area (Å²) in [5, 5.41) is 11.1. The summed E-state index contributed by atoms with van der Waals surface area (Å²) in [5.74, 6) is -1.89. The molecule has 1 fully saturated rings. The number of Topliss-reactive ketones (excluding diaryl/α,β-unsaturated/α-hetero) is 1. The van der Waals surface area contributed by atoms with E-state index in [1.807, 2.05) is 23.9 Å². The van der Waals surface area contributed by atoms with E-state index in [0.717, 1.165) is 29.3 Å². The average molecular weight is 626 g/mol. The van der Waals surface area contributed by atoms with Crippen LogP contribution in [-0.4, -0.2) is 65.6 Å². The van der Waals surface area contributed by atoms with E-state index < -0.39 is 35.6 Å². The van der Waals surface area contributed by atoms with Crippen LogP contribution in [0.15, 0.2) is 28.7 Å². The van der Waals surface area contributed by atoms with Crippen LogP contribution >= 0.6 is 27.7 Å². The number of rotatable bonds is 16. The number of carbonyl (C=O) groups excluding carboxylic acids is 5. The first-order valence-electron chi connectivity index (χ1n) is 13.6. The van der Waals surface area contributed by atoms with Crippen molar-refractivity contribution >= 4 is 57.1 Å². The van der Waals surface area contributed by atoms with Gasteiger partial charge in [-0.15, -0.1) is 0 Å². The summed E-state index contributed by atoms with van der Waals surface area (Å²) in [6.45, 7) is 5.27. The first-order chi connectivity index (χ1) is 18.6. The van der Waals surface area contributed by atoms with E-state index in [0.29, 0.717) is 11.7 Å². The van der Waals surface area contributed by atoms with Crippen LogP contribution in [-0.2, 0) is 30.4 Å². The lowest BCUT2D eigenvalue weighted by atomic mass is 9.99. The molecule has 216 valence electrons. The molecule has 0 spiro atoms. The third kappa shape index (κ3) is 12.1. The Morgan fingerprint density at radius 3 is 2.33 bits per heavy atom. The lowest BCUT2D eigenvalue weighted by Crippen LogP contribution is -2.57. The van der Waals surface area contributed by atoms with Crippen LogP contribution in [0.3, 0.4) is 0 Å². The fourth-order valence-electron chi connectivity index (χ4n) is 4.29. The molecule has 0 radical (unpaired) electrons. The summed E-state index contributed by atoms with van der Waals surface area (Å²) in [5.41, 5.74) is 0.760. The van der Waals surface area contributed by atoms with Crippen LogP contribution < -0.4 is 21.3 Å². The zero-order valence-electron chi connectivity index (χ0n) is 23.0.